The smallest absolute Gasteiger partial charge is 0.217 e. The third kappa shape index (κ3) is 3.58. The Balaban J connectivity index is 2.93. The van der Waals surface area contributed by atoms with Crippen molar-refractivity contribution < 1.29 is 14.3 Å². The van der Waals surface area contributed by atoms with Crippen molar-refractivity contribution in [1.29, 1.82) is 0 Å². The van der Waals surface area contributed by atoms with E-state index in [1.807, 2.05) is 32.9 Å². The molecule has 98 valence electrons. The Morgan fingerprint density at radius 1 is 1.22 bits per heavy atom. The van der Waals surface area contributed by atoms with Gasteiger partial charge in [-0.2, -0.15) is 0 Å². The maximum atomic E-state index is 11.9. The van der Waals surface area contributed by atoms with Gasteiger partial charge in [-0.15, -0.1) is 0 Å². The van der Waals surface area contributed by atoms with Crippen molar-refractivity contribution in [3.63, 3.8) is 0 Å². The van der Waals surface area contributed by atoms with Crippen LogP contribution in [0.5, 0.6) is 5.75 Å². The molecule has 0 saturated heterocycles. The van der Waals surface area contributed by atoms with E-state index >= 15 is 0 Å². The lowest BCUT2D eigenvalue weighted by molar-refractivity contribution is -0.118. The van der Waals surface area contributed by atoms with Gasteiger partial charge in [0, 0.05) is 12.5 Å². The fraction of sp³-hybridized carbons (Fsp3) is 0.429. The van der Waals surface area contributed by atoms with Crippen LogP contribution in [0.1, 0.15) is 35.3 Å². The van der Waals surface area contributed by atoms with Crippen LogP contribution in [0.15, 0.2) is 12.1 Å². The summed E-state index contributed by atoms with van der Waals surface area (Å²) in [6.45, 7) is 7.71. The largest absolute Gasteiger partial charge is 0.494 e. The summed E-state index contributed by atoms with van der Waals surface area (Å²) in [5, 5.41) is 2.51. The fourth-order valence-electron chi connectivity index (χ4n) is 1.70. The van der Waals surface area contributed by atoms with E-state index in [1.165, 1.54) is 6.92 Å². The number of ketones is 1. The maximum absolute atomic E-state index is 11.9. The van der Waals surface area contributed by atoms with Gasteiger partial charge in [0.25, 0.3) is 0 Å². The number of aryl methyl sites for hydroxylation is 2. The molecule has 4 nitrogen and oxygen atoms in total. The second kappa shape index (κ2) is 6.19. The van der Waals surface area contributed by atoms with Crippen molar-refractivity contribution in [1.82, 2.24) is 5.32 Å². The molecule has 0 aliphatic rings. The quantitative estimate of drug-likeness (QED) is 0.812. The molecule has 1 aromatic rings. The zero-order valence-corrected chi connectivity index (χ0v) is 11.3. The lowest BCUT2D eigenvalue weighted by atomic mass is 10.0. The first-order valence-electron chi connectivity index (χ1n) is 5.97. The minimum Gasteiger partial charge on any atom is -0.494 e. The maximum Gasteiger partial charge on any atom is 0.217 e. The van der Waals surface area contributed by atoms with Crippen LogP contribution < -0.4 is 10.1 Å². The van der Waals surface area contributed by atoms with E-state index in [4.69, 9.17) is 4.74 Å². The molecule has 1 aromatic carbocycles. The minimum absolute atomic E-state index is 0.0313. The Morgan fingerprint density at radius 2 is 1.89 bits per heavy atom. The van der Waals surface area contributed by atoms with Crippen molar-refractivity contribution in [3.05, 3.63) is 28.8 Å². The molecule has 4 heteroatoms. The van der Waals surface area contributed by atoms with Crippen molar-refractivity contribution >= 4 is 11.7 Å². The summed E-state index contributed by atoms with van der Waals surface area (Å²) in [5.74, 6) is 0.503. The van der Waals surface area contributed by atoms with Gasteiger partial charge in [-0.25, -0.2) is 0 Å². The second-order valence-corrected chi connectivity index (χ2v) is 4.20. The third-order valence-electron chi connectivity index (χ3n) is 2.62. The molecule has 0 spiro atoms. The third-order valence-corrected chi connectivity index (χ3v) is 2.62. The monoisotopic (exact) mass is 249 g/mol. The summed E-state index contributed by atoms with van der Waals surface area (Å²) in [5.41, 5.74) is 2.41. The lowest BCUT2D eigenvalue weighted by Crippen LogP contribution is -2.27. The Bertz CT molecular complexity index is 466. The minimum atomic E-state index is -0.205. The highest BCUT2D eigenvalue weighted by atomic mass is 16.5. The number of hydrogen-bond donors (Lipinski definition) is 1. The second-order valence-electron chi connectivity index (χ2n) is 4.20. The number of benzene rings is 1. The SMILES string of the molecule is CCOc1cc(C)c(C(=O)CNC(C)=O)cc1C. The fourth-order valence-corrected chi connectivity index (χ4v) is 1.70. The highest BCUT2D eigenvalue weighted by Crippen LogP contribution is 2.23. The molecule has 1 N–H and O–H groups in total. The predicted molar refractivity (Wildman–Crippen MR) is 70.1 cm³/mol. The molecule has 0 bridgehead atoms. The highest BCUT2D eigenvalue weighted by molar-refractivity contribution is 6.00. The van der Waals surface area contributed by atoms with Crippen LogP contribution >= 0.6 is 0 Å². The van der Waals surface area contributed by atoms with E-state index in [0.717, 1.165) is 16.9 Å². The first-order chi connectivity index (χ1) is 8.45. The average Bonchev–Trinajstić information content (AvgIpc) is 2.30. The number of carbonyl (C=O) groups excluding carboxylic acids is 2. The zero-order chi connectivity index (χ0) is 13.7. The molecule has 0 heterocycles. The molecule has 18 heavy (non-hydrogen) atoms. The van der Waals surface area contributed by atoms with E-state index in [1.54, 1.807) is 0 Å². The van der Waals surface area contributed by atoms with Gasteiger partial charge in [-0.3, -0.25) is 9.59 Å². The lowest BCUT2D eigenvalue weighted by Gasteiger charge is -2.12. The molecule has 0 atom stereocenters. The standard InChI is InChI=1S/C14H19NO3/c1-5-18-14-7-9(2)12(6-10(14)3)13(17)8-15-11(4)16/h6-7H,5,8H2,1-4H3,(H,15,16). The van der Waals surface area contributed by atoms with Crippen LogP contribution in [0.2, 0.25) is 0 Å². The van der Waals surface area contributed by atoms with Gasteiger partial charge in [0.2, 0.25) is 5.91 Å². The Labute approximate surface area is 107 Å². The molecular weight excluding hydrogens is 230 g/mol. The van der Waals surface area contributed by atoms with Gasteiger partial charge in [-0.1, -0.05) is 0 Å². The molecule has 0 saturated carbocycles. The summed E-state index contributed by atoms with van der Waals surface area (Å²) in [4.78, 5) is 22.7. The Morgan fingerprint density at radius 3 is 2.44 bits per heavy atom. The van der Waals surface area contributed by atoms with Gasteiger partial charge >= 0.3 is 0 Å². The Hall–Kier alpha value is -1.84. The van der Waals surface area contributed by atoms with Crippen LogP contribution in [-0.2, 0) is 4.79 Å². The van der Waals surface area contributed by atoms with Crippen molar-refractivity contribution in [2.45, 2.75) is 27.7 Å². The van der Waals surface area contributed by atoms with Crippen LogP contribution in [0.4, 0.5) is 0 Å². The van der Waals surface area contributed by atoms with E-state index in [9.17, 15) is 9.59 Å². The normalized spacial score (nSPS) is 10.0. The number of amides is 1. The number of hydrogen-bond acceptors (Lipinski definition) is 3. The highest BCUT2D eigenvalue weighted by Gasteiger charge is 2.12. The molecule has 0 fully saturated rings. The van der Waals surface area contributed by atoms with Crippen molar-refractivity contribution in [2.24, 2.45) is 0 Å². The summed E-state index contributed by atoms with van der Waals surface area (Å²) in [6.07, 6.45) is 0. The van der Waals surface area contributed by atoms with Gasteiger partial charge in [-0.05, 0) is 44.0 Å². The Kier molecular flexibility index (Phi) is 4.89. The molecule has 0 radical (unpaired) electrons. The molecule has 0 aliphatic carbocycles. The van der Waals surface area contributed by atoms with Crippen molar-refractivity contribution in [2.75, 3.05) is 13.2 Å². The average molecular weight is 249 g/mol. The summed E-state index contributed by atoms with van der Waals surface area (Å²) in [6, 6.07) is 3.67. The van der Waals surface area contributed by atoms with E-state index in [2.05, 4.69) is 5.32 Å². The molecule has 0 aliphatic heterocycles. The molecule has 1 rings (SSSR count). The summed E-state index contributed by atoms with van der Waals surface area (Å²) in [7, 11) is 0. The number of nitrogens with one attached hydrogen (secondary N) is 1. The zero-order valence-electron chi connectivity index (χ0n) is 11.3. The van der Waals surface area contributed by atoms with E-state index in [0.29, 0.717) is 12.2 Å². The van der Waals surface area contributed by atoms with E-state index < -0.39 is 0 Å². The molecule has 1 amide bonds. The van der Waals surface area contributed by atoms with Crippen LogP contribution in [-0.4, -0.2) is 24.8 Å². The van der Waals surface area contributed by atoms with Crippen molar-refractivity contribution in [3.8, 4) is 5.75 Å². The molecule has 0 unspecified atom stereocenters. The number of ether oxygens (including phenoxy) is 1. The van der Waals surface area contributed by atoms with Gasteiger partial charge in [0.1, 0.15) is 5.75 Å². The van der Waals surface area contributed by atoms with Crippen LogP contribution in [0, 0.1) is 13.8 Å². The number of Topliss-reactive ketones (excluding diaryl/α,β-unsaturated/α-hetero) is 1. The van der Waals surface area contributed by atoms with E-state index in [-0.39, 0.29) is 18.2 Å². The van der Waals surface area contributed by atoms with Gasteiger partial charge in [0.05, 0.1) is 13.2 Å². The number of rotatable bonds is 5. The summed E-state index contributed by atoms with van der Waals surface area (Å²) < 4.78 is 5.47. The first kappa shape index (κ1) is 14.2. The molecular formula is C14H19NO3. The first-order valence-corrected chi connectivity index (χ1v) is 5.97. The molecule has 0 aromatic heterocycles. The van der Waals surface area contributed by atoms with Gasteiger partial charge < -0.3 is 10.1 Å². The summed E-state index contributed by atoms with van der Waals surface area (Å²) >= 11 is 0. The number of carbonyl (C=O) groups is 2. The van der Waals surface area contributed by atoms with Crippen LogP contribution in [0.25, 0.3) is 0 Å². The van der Waals surface area contributed by atoms with Gasteiger partial charge in [0.15, 0.2) is 5.78 Å². The van der Waals surface area contributed by atoms with Crippen LogP contribution in [0.3, 0.4) is 0 Å². The predicted octanol–water partition coefficient (Wildman–Crippen LogP) is 2.02. The topological polar surface area (TPSA) is 55.4 Å².